The van der Waals surface area contributed by atoms with E-state index >= 15 is 0 Å². The third kappa shape index (κ3) is 3.23. The van der Waals surface area contributed by atoms with E-state index in [0.29, 0.717) is 6.54 Å². The van der Waals surface area contributed by atoms with Crippen molar-refractivity contribution in [2.24, 2.45) is 23.2 Å². The Morgan fingerprint density at radius 1 is 1.08 bits per heavy atom. The van der Waals surface area contributed by atoms with Gasteiger partial charge in [0.25, 0.3) is 0 Å². The number of hydrogen-bond donors (Lipinski definition) is 2. The van der Waals surface area contributed by atoms with Gasteiger partial charge in [-0.25, -0.2) is 0 Å². The number of nitrogens with one attached hydrogen (secondary N) is 2. The van der Waals surface area contributed by atoms with Crippen molar-refractivity contribution in [1.29, 1.82) is 0 Å². The topological polar surface area (TPSA) is 58.2 Å². The number of amides is 2. The molecule has 4 fully saturated rings. The maximum Gasteiger partial charge on any atom is 0.239 e. The van der Waals surface area contributed by atoms with E-state index in [9.17, 15) is 9.59 Å². The van der Waals surface area contributed by atoms with Gasteiger partial charge in [0.2, 0.25) is 11.8 Å². The predicted molar refractivity (Wildman–Crippen MR) is 94.6 cm³/mol. The lowest BCUT2D eigenvalue weighted by molar-refractivity contribution is -0.147. The molecule has 1 aromatic rings. The van der Waals surface area contributed by atoms with Crippen LogP contribution in [0.25, 0.3) is 0 Å². The van der Waals surface area contributed by atoms with E-state index in [1.165, 1.54) is 24.1 Å². The van der Waals surface area contributed by atoms with Gasteiger partial charge in [-0.15, -0.1) is 11.3 Å². The Bertz CT molecular complexity index is 576. The van der Waals surface area contributed by atoms with Gasteiger partial charge >= 0.3 is 0 Å². The number of carbonyl (C=O) groups excluding carboxylic acids is 2. The van der Waals surface area contributed by atoms with Crippen LogP contribution in [0.15, 0.2) is 17.5 Å². The second-order valence-corrected chi connectivity index (χ2v) is 9.09. The summed E-state index contributed by atoms with van der Waals surface area (Å²) in [6.45, 7) is 0.748. The summed E-state index contributed by atoms with van der Waals surface area (Å²) in [5.41, 5.74) is -0.161. The summed E-state index contributed by atoms with van der Waals surface area (Å²) < 4.78 is 0. The first-order valence-corrected chi connectivity index (χ1v) is 10.1. The summed E-state index contributed by atoms with van der Waals surface area (Å²) in [5.74, 6) is 2.31. The van der Waals surface area contributed by atoms with Gasteiger partial charge in [0.15, 0.2) is 0 Å². The maximum absolute atomic E-state index is 12.8. The molecule has 1 aromatic heterocycles. The van der Waals surface area contributed by atoms with Crippen LogP contribution in [0.2, 0.25) is 0 Å². The lowest BCUT2D eigenvalue weighted by atomic mass is 9.49. The molecule has 0 unspecified atom stereocenters. The number of carbonyl (C=O) groups is 2. The Morgan fingerprint density at radius 2 is 1.75 bits per heavy atom. The fraction of sp³-hybridized carbons (Fsp3) is 0.684. The Kier molecular flexibility index (Phi) is 4.37. The molecular weight excluding hydrogens is 320 g/mol. The summed E-state index contributed by atoms with van der Waals surface area (Å²) in [6, 6.07) is 4.10. The van der Waals surface area contributed by atoms with Gasteiger partial charge in [0.05, 0.1) is 6.54 Å². The molecule has 2 N–H and O–H groups in total. The van der Waals surface area contributed by atoms with E-state index in [0.717, 1.165) is 43.4 Å². The zero-order chi connectivity index (χ0) is 16.6. The molecule has 0 radical (unpaired) electrons. The van der Waals surface area contributed by atoms with Gasteiger partial charge < -0.3 is 10.6 Å². The normalized spacial score (nSPS) is 33.4. The van der Waals surface area contributed by atoms with Crippen LogP contribution in [-0.2, 0) is 16.0 Å². The summed E-state index contributed by atoms with van der Waals surface area (Å²) >= 11 is 1.70. The Hall–Kier alpha value is -1.36. The van der Waals surface area contributed by atoms with Gasteiger partial charge in [-0.1, -0.05) is 6.07 Å². The minimum atomic E-state index is -0.161. The van der Waals surface area contributed by atoms with Gasteiger partial charge in [0, 0.05) is 16.8 Å². The first-order chi connectivity index (χ1) is 11.6. The van der Waals surface area contributed by atoms with Crippen LogP contribution in [0, 0.1) is 23.2 Å². The third-order valence-corrected chi connectivity index (χ3v) is 7.14. The van der Waals surface area contributed by atoms with Crippen molar-refractivity contribution in [1.82, 2.24) is 10.6 Å². The minimum absolute atomic E-state index is 0.0790. The molecule has 4 bridgehead atoms. The summed E-state index contributed by atoms with van der Waals surface area (Å²) in [5, 5.41) is 7.88. The van der Waals surface area contributed by atoms with E-state index in [1.54, 1.807) is 11.3 Å². The van der Waals surface area contributed by atoms with Crippen molar-refractivity contribution in [3.05, 3.63) is 22.4 Å². The molecule has 0 aliphatic heterocycles. The summed E-state index contributed by atoms with van der Waals surface area (Å²) in [7, 11) is 0. The summed E-state index contributed by atoms with van der Waals surface area (Å²) in [6.07, 6.45) is 7.98. The molecule has 2 amide bonds. The first kappa shape index (κ1) is 16.1. The number of thiophene rings is 1. The van der Waals surface area contributed by atoms with Crippen molar-refractivity contribution >= 4 is 23.2 Å². The quantitative estimate of drug-likeness (QED) is 0.832. The molecule has 0 atom stereocenters. The molecule has 0 spiro atoms. The monoisotopic (exact) mass is 346 g/mol. The van der Waals surface area contributed by atoms with Crippen molar-refractivity contribution in [2.75, 3.05) is 13.1 Å². The fourth-order valence-corrected chi connectivity index (χ4v) is 6.29. The molecule has 4 nitrogen and oxygen atoms in total. The Balaban J connectivity index is 1.24. The van der Waals surface area contributed by atoms with Crippen molar-refractivity contribution in [3.63, 3.8) is 0 Å². The molecule has 4 aliphatic rings. The summed E-state index contributed by atoms with van der Waals surface area (Å²) in [4.78, 5) is 26.0. The Morgan fingerprint density at radius 3 is 2.33 bits per heavy atom. The lowest BCUT2D eigenvalue weighted by Gasteiger charge is -2.55. The first-order valence-electron chi connectivity index (χ1n) is 9.20. The molecule has 0 aromatic carbocycles. The zero-order valence-corrected chi connectivity index (χ0v) is 14.9. The highest BCUT2D eigenvalue weighted by atomic mass is 32.1. The molecule has 5 heteroatoms. The lowest BCUT2D eigenvalue weighted by Crippen LogP contribution is -2.54. The van der Waals surface area contributed by atoms with Crippen LogP contribution in [0.3, 0.4) is 0 Å². The minimum Gasteiger partial charge on any atom is -0.354 e. The van der Waals surface area contributed by atoms with E-state index in [-0.39, 0.29) is 23.8 Å². The van der Waals surface area contributed by atoms with Crippen LogP contribution >= 0.6 is 11.3 Å². The zero-order valence-electron chi connectivity index (χ0n) is 14.1. The molecule has 4 aliphatic carbocycles. The van der Waals surface area contributed by atoms with E-state index in [2.05, 4.69) is 16.7 Å². The molecule has 0 saturated heterocycles. The second-order valence-electron chi connectivity index (χ2n) is 8.06. The van der Waals surface area contributed by atoms with Crippen LogP contribution in [-0.4, -0.2) is 24.9 Å². The average molecular weight is 346 g/mol. The number of rotatable bonds is 6. The van der Waals surface area contributed by atoms with Gasteiger partial charge in [0.1, 0.15) is 0 Å². The number of hydrogen-bond acceptors (Lipinski definition) is 3. The third-order valence-electron chi connectivity index (χ3n) is 6.20. The van der Waals surface area contributed by atoms with E-state index in [1.807, 2.05) is 11.4 Å². The molecular formula is C19H26N2O2S. The highest BCUT2D eigenvalue weighted by Gasteiger charge is 2.54. The van der Waals surface area contributed by atoms with Crippen LogP contribution in [0.4, 0.5) is 0 Å². The van der Waals surface area contributed by atoms with Crippen molar-refractivity contribution < 1.29 is 9.59 Å². The largest absolute Gasteiger partial charge is 0.354 e. The van der Waals surface area contributed by atoms with Gasteiger partial charge in [-0.3, -0.25) is 9.59 Å². The highest BCUT2D eigenvalue weighted by molar-refractivity contribution is 7.09. The molecule has 5 rings (SSSR count). The second kappa shape index (κ2) is 6.51. The average Bonchev–Trinajstić information content (AvgIpc) is 3.04. The highest BCUT2D eigenvalue weighted by Crippen LogP contribution is 2.60. The van der Waals surface area contributed by atoms with Gasteiger partial charge in [-0.05, 0) is 74.1 Å². The van der Waals surface area contributed by atoms with Crippen LogP contribution in [0.1, 0.15) is 43.4 Å². The van der Waals surface area contributed by atoms with E-state index in [4.69, 9.17) is 0 Å². The van der Waals surface area contributed by atoms with Crippen LogP contribution < -0.4 is 10.6 Å². The maximum atomic E-state index is 12.8. The van der Waals surface area contributed by atoms with E-state index < -0.39 is 0 Å². The fourth-order valence-electron chi connectivity index (χ4n) is 5.58. The molecule has 1 heterocycles. The van der Waals surface area contributed by atoms with Crippen molar-refractivity contribution in [2.45, 2.75) is 44.9 Å². The smallest absolute Gasteiger partial charge is 0.239 e. The Labute approximate surface area is 147 Å². The molecule has 130 valence electrons. The SMILES string of the molecule is O=C(CNC(=O)C12CC3CC(CC(C3)C1)C2)NCCc1cccs1. The van der Waals surface area contributed by atoms with Gasteiger partial charge in [-0.2, -0.15) is 0 Å². The molecule has 24 heavy (non-hydrogen) atoms. The standard InChI is InChI=1S/C19H26N2O2S/c22-17(20-4-3-16-2-1-5-24-16)12-21-18(23)19-9-13-6-14(10-19)8-15(7-13)11-19/h1-2,5,13-15H,3-4,6-12H2,(H,20,22)(H,21,23). The predicted octanol–water partition coefficient (Wildman–Crippen LogP) is 2.74. The van der Waals surface area contributed by atoms with Crippen molar-refractivity contribution in [3.8, 4) is 0 Å². The van der Waals surface area contributed by atoms with Crippen LogP contribution in [0.5, 0.6) is 0 Å². The molecule has 4 saturated carbocycles.